The molecule has 0 amide bonds. The number of esters is 1. The Morgan fingerprint density at radius 2 is 1.74 bits per heavy atom. The third-order valence-corrected chi connectivity index (χ3v) is 3.58. The summed E-state index contributed by atoms with van der Waals surface area (Å²) < 4.78 is 5.45. The topological polar surface area (TPSA) is 26.3 Å². The van der Waals surface area contributed by atoms with Crippen LogP contribution in [0.5, 0.6) is 0 Å². The van der Waals surface area contributed by atoms with Crippen molar-refractivity contribution >= 4 is 29.2 Å². The van der Waals surface area contributed by atoms with Crippen LogP contribution in [0.2, 0.25) is 10.0 Å². The highest BCUT2D eigenvalue weighted by atomic mass is 35.5. The Bertz CT molecular complexity index is 632. The Hall–Kier alpha value is -1.51. The van der Waals surface area contributed by atoms with Gasteiger partial charge >= 0.3 is 5.97 Å². The fourth-order valence-electron chi connectivity index (χ4n) is 2.28. The molecule has 0 spiro atoms. The summed E-state index contributed by atoms with van der Waals surface area (Å²) in [4.78, 5) is 12.0. The SMILES string of the molecule is O=C1OC(c2cc(Cl)cc(Cl)c2)Cc2ccccc21. The van der Waals surface area contributed by atoms with Crippen molar-refractivity contribution in [1.82, 2.24) is 0 Å². The molecular formula is C15H10Cl2O2. The molecule has 96 valence electrons. The van der Waals surface area contributed by atoms with E-state index >= 15 is 0 Å². The van der Waals surface area contributed by atoms with Gasteiger partial charge in [0.05, 0.1) is 5.56 Å². The molecule has 2 aromatic carbocycles. The Morgan fingerprint density at radius 1 is 1.05 bits per heavy atom. The second-order valence-corrected chi connectivity index (χ2v) is 5.33. The van der Waals surface area contributed by atoms with Gasteiger partial charge in [-0.05, 0) is 35.4 Å². The molecule has 1 heterocycles. The second-order valence-electron chi connectivity index (χ2n) is 4.46. The molecule has 0 bridgehead atoms. The summed E-state index contributed by atoms with van der Waals surface area (Å²) >= 11 is 12.0. The van der Waals surface area contributed by atoms with E-state index in [0.717, 1.165) is 11.1 Å². The molecule has 0 saturated carbocycles. The van der Waals surface area contributed by atoms with Gasteiger partial charge in [0.25, 0.3) is 0 Å². The summed E-state index contributed by atoms with van der Waals surface area (Å²) in [7, 11) is 0. The maximum atomic E-state index is 12.0. The number of hydrogen-bond acceptors (Lipinski definition) is 2. The smallest absolute Gasteiger partial charge is 0.339 e. The molecule has 2 nitrogen and oxygen atoms in total. The minimum atomic E-state index is -0.335. The van der Waals surface area contributed by atoms with Gasteiger partial charge in [0.15, 0.2) is 0 Å². The van der Waals surface area contributed by atoms with Crippen molar-refractivity contribution < 1.29 is 9.53 Å². The Morgan fingerprint density at radius 3 is 2.47 bits per heavy atom. The zero-order valence-corrected chi connectivity index (χ0v) is 11.4. The summed E-state index contributed by atoms with van der Waals surface area (Å²) in [6, 6.07) is 12.7. The van der Waals surface area contributed by atoms with Gasteiger partial charge in [0, 0.05) is 16.5 Å². The monoisotopic (exact) mass is 292 g/mol. The van der Waals surface area contributed by atoms with Gasteiger partial charge in [-0.1, -0.05) is 41.4 Å². The fourth-order valence-corrected chi connectivity index (χ4v) is 2.82. The second kappa shape index (κ2) is 4.87. The van der Waals surface area contributed by atoms with Gasteiger partial charge in [0.2, 0.25) is 0 Å². The van der Waals surface area contributed by atoms with Gasteiger partial charge in [-0.25, -0.2) is 4.79 Å². The van der Waals surface area contributed by atoms with Crippen molar-refractivity contribution in [3.05, 3.63) is 69.2 Å². The zero-order valence-electron chi connectivity index (χ0n) is 9.90. The summed E-state index contributed by atoms with van der Waals surface area (Å²) in [6.45, 7) is 0. The van der Waals surface area contributed by atoms with Crippen LogP contribution in [0, 0.1) is 0 Å². The van der Waals surface area contributed by atoms with Crippen molar-refractivity contribution in [3.8, 4) is 0 Å². The molecule has 1 aliphatic heterocycles. The van der Waals surface area contributed by atoms with Crippen molar-refractivity contribution in [2.45, 2.75) is 12.5 Å². The van der Waals surface area contributed by atoms with Crippen LogP contribution in [0.4, 0.5) is 0 Å². The Balaban J connectivity index is 1.99. The minimum absolute atomic E-state index is 0.303. The molecule has 0 fully saturated rings. The molecule has 0 radical (unpaired) electrons. The lowest BCUT2D eigenvalue weighted by molar-refractivity contribution is 0.0253. The summed E-state index contributed by atoms with van der Waals surface area (Å²) in [5.74, 6) is -0.303. The third-order valence-electron chi connectivity index (χ3n) is 3.15. The van der Waals surface area contributed by atoms with E-state index in [1.807, 2.05) is 18.2 Å². The van der Waals surface area contributed by atoms with E-state index in [1.165, 1.54) is 0 Å². The van der Waals surface area contributed by atoms with Gasteiger partial charge in [0.1, 0.15) is 6.10 Å². The lowest BCUT2D eigenvalue weighted by Gasteiger charge is -2.25. The Labute approximate surface area is 120 Å². The van der Waals surface area contributed by atoms with Crippen molar-refractivity contribution in [1.29, 1.82) is 0 Å². The lowest BCUT2D eigenvalue weighted by atomic mass is 9.95. The number of cyclic esters (lactones) is 1. The lowest BCUT2D eigenvalue weighted by Crippen LogP contribution is -2.21. The third kappa shape index (κ3) is 2.46. The molecule has 0 saturated heterocycles. The normalized spacial score (nSPS) is 17.8. The summed E-state index contributed by atoms with van der Waals surface area (Å²) in [6.07, 6.45) is 0.303. The zero-order chi connectivity index (χ0) is 13.4. The van der Waals surface area contributed by atoms with E-state index in [4.69, 9.17) is 27.9 Å². The summed E-state index contributed by atoms with van der Waals surface area (Å²) in [5.41, 5.74) is 2.44. The van der Waals surface area contributed by atoms with Gasteiger partial charge in [-0.15, -0.1) is 0 Å². The predicted octanol–water partition coefficient (Wildman–Crippen LogP) is 4.45. The first-order valence-electron chi connectivity index (χ1n) is 5.88. The molecule has 1 atom stereocenters. The van der Waals surface area contributed by atoms with Crippen LogP contribution in [0.15, 0.2) is 42.5 Å². The predicted molar refractivity (Wildman–Crippen MR) is 74.8 cm³/mol. The van der Waals surface area contributed by atoms with Crippen LogP contribution in [0.25, 0.3) is 0 Å². The Kier molecular flexibility index (Phi) is 3.21. The van der Waals surface area contributed by atoms with Crippen LogP contribution in [-0.2, 0) is 11.2 Å². The molecule has 0 N–H and O–H groups in total. The first-order valence-corrected chi connectivity index (χ1v) is 6.64. The largest absolute Gasteiger partial charge is 0.454 e. The van der Waals surface area contributed by atoms with Crippen molar-refractivity contribution in [3.63, 3.8) is 0 Å². The number of rotatable bonds is 1. The minimum Gasteiger partial charge on any atom is -0.454 e. The fraction of sp³-hybridized carbons (Fsp3) is 0.133. The standard InChI is InChI=1S/C15H10Cl2O2/c16-11-5-10(6-12(17)8-11)14-7-9-3-1-2-4-13(9)15(18)19-14/h1-6,8,14H,7H2. The van der Waals surface area contributed by atoms with Crippen LogP contribution in [0.1, 0.15) is 27.6 Å². The van der Waals surface area contributed by atoms with Crippen LogP contribution in [0.3, 0.4) is 0 Å². The van der Waals surface area contributed by atoms with E-state index in [1.54, 1.807) is 24.3 Å². The molecule has 0 aliphatic carbocycles. The molecule has 1 unspecified atom stereocenters. The van der Waals surface area contributed by atoms with E-state index < -0.39 is 0 Å². The summed E-state index contributed by atoms with van der Waals surface area (Å²) in [5, 5.41) is 1.08. The molecule has 4 heteroatoms. The maximum absolute atomic E-state index is 12.0. The number of carbonyl (C=O) groups excluding carboxylic acids is 1. The van der Waals surface area contributed by atoms with Gasteiger partial charge in [-0.2, -0.15) is 0 Å². The molecule has 19 heavy (non-hydrogen) atoms. The number of fused-ring (bicyclic) bond motifs is 1. The van der Waals surface area contributed by atoms with Crippen LogP contribution in [-0.4, -0.2) is 5.97 Å². The molecule has 1 aliphatic rings. The van der Waals surface area contributed by atoms with Gasteiger partial charge in [-0.3, -0.25) is 0 Å². The van der Waals surface area contributed by atoms with Gasteiger partial charge < -0.3 is 4.74 Å². The molecular weight excluding hydrogens is 283 g/mol. The average molecular weight is 293 g/mol. The molecule has 3 rings (SSSR count). The molecule has 0 aromatic heterocycles. The highest BCUT2D eigenvalue weighted by Crippen LogP contribution is 2.33. The highest BCUT2D eigenvalue weighted by Gasteiger charge is 2.27. The maximum Gasteiger partial charge on any atom is 0.339 e. The first kappa shape index (κ1) is 12.5. The number of carbonyl (C=O) groups is 1. The van der Waals surface area contributed by atoms with E-state index in [2.05, 4.69) is 0 Å². The number of ether oxygens (including phenoxy) is 1. The van der Waals surface area contributed by atoms with E-state index in [0.29, 0.717) is 22.0 Å². The van der Waals surface area contributed by atoms with Crippen LogP contribution >= 0.6 is 23.2 Å². The number of benzene rings is 2. The number of halogens is 2. The van der Waals surface area contributed by atoms with Crippen molar-refractivity contribution in [2.75, 3.05) is 0 Å². The van der Waals surface area contributed by atoms with Crippen molar-refractivity contribution in [2.24, 2.45) is 0 Å². The number of hydrogen-bond donors (Lipinski definition) is 0. The highest BCUT2D eigenvalue weighted by molar-refractivity contribution is 6.34. The first-order chi connectivity index (χ1) is 9.13. The molecule has 2 aromatic rings. The van der Waals surface area contributed by atoms with E-state index in [-0.39, 0.29) is 12.1 Å². The quantitative estimate of drug-likeness (QED) is 0.726. The average Bonchev–Trinajstić information content (AvgIpc) is 2.37. The van der Waals surface area contributed by atoms with E-state index in [9.17, 15) is 4.79 Å². The van der Waals surface area contributed by atoms with Crippen LogP contribution < -0.4 is 0 Å².